The molecule has 0 bridgehead atoms. The minimum Gasteiger partial charge on any atom is -0.497 e. The van der Waals surface area contributed by atoms with E-state index in [0.29, 0.717) is 79.1 Å². The Morgan fingerprint density at radius 3 is 1.45 bits per heavy atom. The van der Waals surface area contributed by atoms with Gasteiger partial charge in [0.25, 0.3) is 5.91 Å². The number of anilines is 1. The van der Waals surface area contributed by atoms with Crippen molar-refractivity contribution in [3.05, 3.63) is 259 Å². The van der Waals surface area contributed by atoms with Gasteiger partial charge in [-0.2, -0.15) is 25.5 Å². The molecular formula is C75H75N9O19P2S2. The van der Waals surface area contributed by atoms with Crippen molar-refractivity contribution in [2.45, 2.75) is 107 Å². The molecule has 556 valence electrons. The maximum Gasteiger partial charge on any atom is 0.389 e. The summed E-state index contributed by atoms with van der Waals surface area (Å²) in [6, 6.07) is 55.4. The molecule has 3 fully saturated rings. The zero-order chi connectivity index (χ0) is 75.1. The summed E-state index contributed by atoms with van der Waals surface area (Å²) in [5.74, 6) is 1.34. The molecule has 12 rings (SSSR count). The smallest absolute Gasteiger partial charge is 0.389 e. The second-order valence-corrected chi connectivity index (χ2v) is 33.0. The molecule has 3 aliphatic rings. The van der Waals surface area contributed by atoms with Crippen LogP contribution in [0.25, 0.3) is 0 Å². The van der Waals surface area contributed by atoms with Crippen molar-refractivity contribution in [2.75, 3.05) is 50.9 Å². The van der Waals surface area contributed by atoms with Crippen LogP contribution in [0.5, 0.6) is 34.8 Å². The Balaban J connectivity index is 0.859. The van der Waals surface area contributed by atoms with E-state index in [0.717, 1.165) is 0 Å². The number of ether oxygens (including phenoxy) is 8. The minimum absolute atomic E-state index is 0.00543. The number of hydrogen-bond donors (Lipinski definition) is 2. The zero-order valence-corrected chi connectivity index (χ0v) is 61.7. The molecule has 28 nitrogen and oxygen atoms in total. The molecule has 9 aromatic rings. The topological polar surface area (TPSA) is 346 Å². The molecule has 0 saturated carbocycles. The summed E-state index contributed by atoms with van der Waals surface area (Å²) in [6.07, 6.45) is -7.64. The van der Waals surface area contributed by atoms with Gasteiger partial charge in [0.2, 0.25) is 11.8 Å². The number of aryl methyl sites for hydroxylation is 2. The molecule has 3 saturated heterocycles. The van der Waals surface area contributed by atoms with Gasteiger partial charge in [0, 0.05) is 78.9 Å². The number of nitriles is 2. The molecule has 0 radical (unpaired) electrons. The number of carbonyl (C=O) groups is 1. The first-order valence-corrected chi connectivity index (χ1v) is 40.3. The van der Waals surface area contributed by atoms with Crippen molar-refractivity contribution in [1.29, 1.82) is 10.5 Å². The van der Waals surface area contributed by atoms with E-state index in [1.54, 1.807) is 137 Å². The lowest BCUT2D eigenvalue weighted by atomic mass is 9.80. The van der Waals surface area contributed by atoms with E-state index >= 15 is 9.13 Å². The molecule has 32 heteroatoms. The number of aromatic nitrogens is 6. The summed E-state index contributed by atoms with van der Waals surface area (Å²) in [5.41, 5.74) is -0.606. The van der Waals surface area contributed by atoms with E-state index in [-0.39, 0.29) is 67.8 Å². The summed E-state index contributed by atoms with van der Waals surface area (Å²) < 4.78 is 111. The van der Waals surface area contributed by atoms with Crippen molar-refractivity contribution in [2.24, 2.45) is 0 Å². The van der Waals surface area contributed by atoms with Crippen LogP contribution in [-0.2, 0) is 51.8 Å². The second kappa shape index (κ2) is 35.4. The molecule has 3 aromatic heterocycles. The first-order chi connectivity index (χ1) is 51.8. The number of nitrogens with zero attached hydrogens (tertiary/aromatic N) is 8. The summed E-state index contributed by atoms with van der Waals surface area (Å²) in [6.45, 7) is -7.43. The van der Waals surface area contributed by atoms with Crippen molar-refractivity contribution < 1.29 is 75.0 Å². The van der Waals surface area contributed by atoms with Crippen LogP contribution in [0.1, 0.15) is 89.0 Å². The molecule has 1 amide bonds. The molecule has 107 heavy (non-hydrogen) atoms. The number of hydrogen-bond acceptors (Lipinski definition) is 26. The standard InChI is InChI=1S/C75H75N9O19P2S2/c1-49-44-83(73(88)80-70(49)97-57-23-13-7-14-24-57)66-41-59(85)62(99-66)47-95-104(90,106-39-17-36-76)103-61-43-68(84-45-50(2)71(81-74(84)89)98-58-25-15-8-16-26-58)101-64(61)48-96-105(91,107-40-18-37-77)102-60-42-67(82-38-35-65(79-72(82)87)78-69(86)51-19-9-5-10-20-51)100-63(60)46-94-75(52-21-11-6-12-22-52,53-27-31-55(92-3)32-28-53)54-29-33-56(93-4)34-30-54/h5-16,19-35,38,44-45,59-64,66-68,85H,17-18,39-43,46-48H2,1-4H3,(H,78,79,86,87)/t59-,60-,61-,62+,63+,64+,66+,67+,68+,104?,105?/m0/s1. The molecule has 0 spiro atoms. The number of methoxy groups -OCH3 is 2. The summed E-state index contributed by atoms with van der Waals surface area (Å²) >= 11 is 1.37. The van der Waals surface area contributed by atoms with Crippen LogP contribution >= 0.6 is 36.4 Å². The fourth-order valence-corrected chi connectivity index (χ4v) is 18.9. The molecule has 2 unspecified atom stereocenters. The van der Waals surface area contributed by atoms with E-state index in [4.69, 9.17) is 56.0 Å². The number of rotatable bonds is 33. The predicted octanol–water partition coefficient (Wildman–Crippen LogP) is 12.8. The average Bonchev–Trinajstić information content (AvgIpc) is 1.03. The molecule has 11 atom stereocenters. The van der Waals surface area contributed by atoms with E-state index in [1.165, 1.54) is 38.4 Å². The van der Waals surface area contributed by atoms with E-state index in [9.17, 15) is 34.8 Å². The highest BCUT2D eigenvalue weighted by Gasteiger charge is 2.49. The Morgan fingerprint density at radius 2 is 0.972 bits per heavy atom. The Bertz CT molecular complexity index is 4860. The van der Waals surface area contributed by atoms with Gasteiger partial charge in [0.05, 0.1) is 52.3 Å². The third-order valence-corrected chi connectivity index (χ3v) is 25.1. The Hall–Kier alpha value is -9.59. The van der Waals surface area contributed by atoms with Gasteiger partial charge >= 0.3 is 30.7 Å². The number of nitrogens with one attached hydrogen (secondary N) is 1. The Kier molecular flexibility index (Phi) is 25.5. The van der Waals surface area contributed by atoms with Gasteiger partial charge in [0.15, 0.2) is 0 Å². The van der Waals surface area contributed by atoms with Crippen LogP contribution in [0.4, 0.5) is 5.82 Å². The highest BCUT2D eigenvalue weighted by Crippen LogP contribution is 2.65. The number of para-hydroxylation sites is 2. The van der Waals surface area contributed by atoms with Gasteiger partial charge in [0.1, 0.15) is 83.6 Å². The van der Waals surface area contributed by atoms with Gasteiger partial charge in [-0.15, -0.1) is 0 Å². The van der Waals surface area contributed by atoms with Crippen LogP contribution in [0.15, 0.2) is 209 Å². The molecule has 6 heterocycles. The Morgan fingerprint density at radius 1 is 0.551 bits per heavy atom. The quantitative estimate of drug-likeness (QED) is 0.0219. The van der Waals surface area contributed by atoms with Crippen molar-refractivity contribution in [1.82, 2.24) is 28.7 Å². The first-order valence-electron chi connectivity index (χ1n) is 34.0. The van der Waals surface area contributed by atoms with Crippen LogP contribution in [-0.4, -0.2) is 122 Å². The highest BCUT2D eigenvalue weighted by atomic mass is 32.7. The molecule has 6 aromatic carbocycles. The van der Waals surface area contributed by atoms with E-state index < -0.39 is 111 Å². The highest BCUT2D eigenvalue weighted by molar-refractivity contribution is 8.55. The lowest BCUT2D eigenvalue weighted by molar-refractivity contribution is -0.0928. The van der Waals surface area contributed by atoms with Crippen LogP contribution in [0.3, 0.4) is 0 Å². The molecule has 3 aliphatic heterocycles. The maximum absolute atomic E-state index is 16.1. The molecule has 0 aliphatic carbocycles. The normalized spacial score (nSPS) is 20.9. The largest absolute Gasteiger partial charge is 0.497 e. The number of carbonyl (C=O) groups excluding carboxylic acids is 1. The monoisotopic (exact) mass is 1530 g/mol. The van der Waals surface area contributed by atoms with Crippen LogP contribution in [0, 0.1) is 36.5 Å². The second-order valence-electron chi connectivity index (χ2n) is 24.7. The number of aliphatic hydroxyl groups excluding tert-OH is 1. The number of aliphatic hydroxyl groups is 1. The summed E-state index contributed by atoms with van der Waals surface area (Å²) in [5, 5.41) is 33.8. The fraction of sp³-hybridized carbons (Fsp3) is 0.320. The first kappa shape index (κ1) is 77.0. The summed E-state index contributed by atoms with van der Waals surface area (Å²) in [7, 11) is 3.11. The van der Waals surface area contributed by atoms with Crippen LogP contribution in [0.2, 0.25) is 0 Å². The van der Waals surface area contributed by atoms with Gasteiger partial charge in [-0.1, -0.05) is 109 Å². The van der Waals surface area contributed by atoms with Gasteiger partial charge in [-0.05, 0) is 120 Å². The Labute approximate surface area is 622 Å². The van der Waals surface area contributed by atoms with E-state index in [2.05, 4.69) is 26.3 Å². The van der Waals surface area contributed by atoms with Gasteiger partial charge in [-0.25, -0.2) is 23.5 Å². The van der Waals surface area contributed by atoms with Crippen molar-refractivity contribution in [3.63, 3.8) is 0 Å². The predicted molar refractivity (Wildman–Crippen MR) is 394 cm³/mol. The molecular weight excluding hydrogens is 1460 g/mol. The molecule has 2 N–H and O–H groups in total. The minimum atomic E-state index is -4.67. The van der Waals surface area contributed by atoms with Crippen molar-refractivity contribution in [3.8, 4) is 46.9 Å². The summed E-state index contributed by atoms with van der Waals surface area (Å²) in [4.78, 5) is 67.8. The lowest BCUT2D eigenvalue weighted by Gasteiger charge is -2.37. The maximum atomic E-state index is 16.1. The zero-order valence-electron chi connectivity index (χ0n) is 58.3. The van der Waals surface area contributed by atoms with Crippen LogP contribution < -0.4 is 41.3 Å². The number of amides is 1. The SMILES string of the molecule is COc1ccc(C(OC[C@H]2O[C@@H](n3ccc(NC(=O)c4ccccc4)nc3=O)C[C@@H]2OP(=O)(OC[C@H]2O[C@@H](n3cc(C)c(Oc4ccccc4)nc3=O)C[C@@H]2OP(=O)(OC[C@H]2O[C@@H](n3cc(C)c(Oc4ccccc4)nc3=O)C[C@@H]2O)SCCC#N)SCCC#N)(c2ccccc2)c2ccc(OC)cc2)cc1. The average molecular weight is 1530 g/mol. The third kappa shape index (κ3) is 18.9. The van der Waals surface area contributed by atoms with Gasteiger partial charge in [-0.3, -0.25) is 36.6 Å². The number of benzene rings is 6. The third-order valence-electron chi connectivity index (χ3n) is 17.6. The van der Waals surface area contributed by atoms with E-state index in [1.807, 2.05) is 66.7 Å². The van der Waals surface area contributed by atoms with Crippen molar-refractivity contribution >= 4 is 48.1 Å². The lowest BCUT2D eigenvalue weighted by Crippen LogP contribution is -2.38. The van der Waals surface area contributed by atoms with Gasteiger partial charge < -0.3 is 48.3 Å². The fourth-order valence-electron chi connectivity index (χ4n) is 12.2.